The summed E-state index contributed by atoms with van der Waals surface area (Å²) in [5.74, 6) is 0.0600. The van der Waals surface area contributed by atoms with Crippen LogP contribution in [-0.4, -0.2) is 12.4 Å². The summed E-state index contributed by atoms with van der Waals surface area (Å²) < 4.78 is 19.3. The van der Waals surface area contributed by atoms with Crippen LogP contribution in [0.2, 0.25) is 0 Å². The fourth-order valence-corrected chi connectivity index (χ4v) is 2.46. The summed E-state index contributed by atoms with van der Waals surface area (Å²) in [5, 5.41) is 0. The topological polar surface area (TPSA) is 26.3 Å². The molecule has 0 amide bonds. The molecule has 20 heavy (non-hydrogen) atoms. The van der Waals surface area contributed by atoms with E-state index in [9.17, 15) is 9.18 Å². The Balaban J connectivity index is 2.40. The fraction of sp³-hybridized carbons (Fsp3) is 0.188. The van der Waals surface area contributed by atoms with Crippen LogP contribution < -0.4 is 4.74 Å². The molecular weight excluding hydrogens is 323 g/mol. The predicted octanol–water partition coefficient (Wildman–Crippen LogP) is 4.53. The van der Waals surface area contributed by atoms with Crippen LogP contribution in [-0.2, 0) is 0 Å². The van der Waals surface area contributed by atoms with E-state index in [0.29, 0.717) is 28.0 Å². The van der Waals surface area contributed by atoms with E-state index in [1.54, 1.807) is 31.2 Å². The summed E-state index contributed by atoms with van der Waals surface area (Å²) >= 11 is 3.36. The predicted molar refractivity (Wildman–Crippen MR) is 79.9 cm³/mol. The summed E-state index contributed by atoms with van der Waals surface area (Å²) in [5.41, 5.74) is 1.61. The SMILES string of the molecule is CCOc1ccc(C(=O)c2cc(F)ccc2C)c(Br)c1. The minimum atomic E-state index is -0.416. The lowest BCUT2D eigenvalue weighted by atomic mass is 9.99. The molecule has 2 aromatic carbocycles. The zero-order chi connectivity index (χ0) is 14.7. The van der Waals surface area contributed by atoms with Crippen LogP contribution >= 0.6 is 15.9 Å². The number of aryl methyl sites for hydroxylation is 1. The lowest BCUT2D eigenvalue weighted by molar-refractivity contribution is 0.103. The van der Waals surface area contributed by atoms with Crippen molar-refractivity contribution in [3.8, 4) is 5.75 Å². The molecule has 0 aliphatic heterocycles. The Morgan fingerprint density at radius 1 is 1.20 bits per heavy atom. The number of halogens is 2. The molecule has 2 aromatic rings. The van der Waals surface area contributed by atoms with Crippen molar-refractivity contribution in [3.05, 3.63) is 63.4 Å². The van der Waals surface area contributed by atoms with Gasteiger partial charge in [0.1, 0.15) is 11.6 Å². The normalized spacial score (nSPS) is 10.4. The van der Waals surface area contributed by atoms with Gasteiger partial charge < -0.3 is 4.74 Å². The van der Waals surface area contributed by atoms with Crippen LogP contribution in [0.4, 0.5) is 4.39 Å². The molecule has 0 N–H and O–H groups in total. The van der Waals surface area contributed by atoms with Gasteiger partial charge in [0.05, 0.1) is 6.61 Å². The minimum Gasteiger partial charge on any atom is -0.494 e. The van der Waals surface area contributed by atoms with Crippen LogP contribution in [0.3, 0.4) is 0 Å². The minimum absolute atomic E-state index is 0.211. The maximum absolute atomic E-state index is 13.3. The van der Waals surface area contributed by atoms with Gasteiger partial charge in [-0.3, -0.25) is 4.79 Å². The number of hydrogen-bond acceptors (Lipinski definition) is 2. The number of benzene rings is 2. The molecule has 0 saturated carbocycles. The summed E-state index contributed by atoms with van der Waals surface area (Å²) in [6, 6.07) is 9.37. The highest BCUT2D eigenvalue weighted by Gasteiger charge is 2.16. The number of ether oxygens (including phenoxy) is 1. The molecule has 0 heterocycles. The van der Waals surface area contributed by atoms with E-state index in [1.165, 1.54) is 12.1 Å². The van der Waals surface area contributed by atoms with E-state index >= 15 is 0 Å². The van der Waals surface area contributed by atoms with Crippen molar-refractivity contribution in [2.75, 3.05) is 6.61 Å². The number of ketones is 1. The molecule has 0 fully saturated rings. The monoisotopic (exact) mass is 336 g/mol. The zero-order valence-electron chi connectivity index (χ0n) is 11.2. The third-order valence-corrected chi connectivity index (χ3v) is 3.60. The standard InChI is InChI=1S/C16H14BrFO2/c1-3-20-12-6-7-13(15(17)9-12)16(19)14-8-11(18)5-4-10(14)2/h4-9H,3H2,1-2H3. The van der Waals surface area contributed by atoms with Crippen molar-refractivity contribution in [2.24, 2.45) is 0 Å². The fourth-order valence-electron chi connectivity index (χ4n) is 1.92. The van der Waals surface area contributed by atoms with E-state index in [2.05, 4.69) is 15.9 Å². The zero-order valence-corrected chi connectivity index (χ0v) is 12.8. The van der Waals surface area contributed by atoms with Gasteiger partial charge in [-0.15, -0.1) is 0 Å². The van der Waals surface area contributed by atoms with Crippen molar-refractivity contribution in [2.45, 2.75) is 13.8 Å². The quantitative estimate of drug-likeness (QED) is 0.767. The Morgan fingerprint density at radius 3 is 2.60 bits per heavy atom. The largest absolute Gasteiger partial charge is 0.494 e. The van der Waals surface area contributed by atoms with E-state index in [4.69, 9.17) is 4.74 Å². The molecule has 0 spiro atoms. The van der Waals surface area contributed by atoms with Gasteiger partial charge in [-0.25, -0.2) is 4.39 Å². The van der Waals surface area contributed by atoms with E-state index < -0.39 is 5.82 Å². The van der Waals surface area contributed by atoms with Crippen LogP contribution in [0.15, 0.2) is 40.9 Å². The first-order chi connectivity index (χ1) is 9.52. The molecule has 2 rings (SSSR count). The van der Waals surface area contributed by atoms with Crippen LogP contribution in [0.5, 0.6) is 5.75 Å². The highest BCUT2D eigenvalue weighted by molar-refractivity contribution is 9.10. The Kier molecular flexibility index (Phi) is 4.55. The Bertz CT molecular complexity index is 653. The first kappa shape index (κ1) is 14.7. The summed E-state index contributed by atoms with van der Waals surface area (Å²) in [7, 11) is 0. The van der Waals surface area contributed by atoms with Crippen LogP contribution in [0.25, 0.3) is 0 Å². The molecule has 104 valence electrons. The lowest BCUT2D eigenvalue weighted by Crippen LogP contribution is -2.05. The van der Waals surface area contributed by atoms with Crippen molar-refractivity contribution in [3.63, 3.8) is 0 Å². The molecule has 0 aliphatic rings. The average Bonchev–Trinajstić information content (AvgIpc) is 2.41. The van der Waals surface area contributed by atoms with Gasteiger partial charge in [0.15, 0.2) is 5.78 Å². The van der Waals surface area contributed by atoms with Gasteiger partial charge >= 0.3 is 0 Å². The van der Waals surface area contributed by atoms with E-state index in [0.717, 1.165) is 5.56 Å². The van der Waals surface area contributed by atoms with Crippen molar-refractivity contribution >= 4 is 21.7 Å². The molecule has 0 aromatic heterocycles. The number of rotatable bonds is 4. The Morgan fingerprint density at radius 2 is 1.95 bits per heavy atom. The van der Waals surface area contributed by atoms with Crippen molar-refractivity contribution in [1.29, 1.82) is 0 Å². The van der Waals surface area contributed by atoms with Gasteiger partial charge in [0.2, 0.25) is 0 Å². The van der Waals surface area contributed by atoms with Crippen molar-refractivity contribution in [1.82, 2.24) is 0 Å². The van der Waals surface area contributed by atoms with Crippen molar-refractivity contribution < 1.29 is 13.9 Å². The number of carbonyl (C=O) groups excluding carboxylic acids is 1. The third kappa shape index (κ3) is 3.07. The van der Waals surface area contributed by atoms with Gasteiger partial charge in [-0.2, -0.15) is 0 Å². The first-order valence-corrected chi connectivity index (χ1v) is 7.05. The molecule has 0 radical (unpaired) electrons. The summed E-state index contributed by atoms with van der Waals surface area (Å²) in [6.45, 7) is 4.24. The maximum atomic E-state index is 13.3. The van der Waals surface area contributed by atoms with E-state index in [-0.39, 0.29) is 5.78 Å². The molecular formula is C16H14BrFO2. The molecule has 4 heteroatoms. The summed E-state index contributed by atoms with van der Waals surface area (Å²) in [4.78, 5) is 12.5. The third-order valence-electron chi connectivity index (χ3n) is 2.94. The van der Waals surface area contributed by atoms with Gasteiger partial charge in [-0.1, -0.05) is 6.07 Å². The molecule has 0 unspecified atom stereocenters. The molecule has 0 aliphatic carbocycles. The van der Waals surface area contributed by atoms with Gasteiger partial charge in [0, 0.05) is 15.6 Å². The van der Waals surface area contributed by atoms with Crippen LogP contribution in [0.1, 0.15) is 28.4 Å². The molecule has 0 atom stereocenters. The summed E-state index contributed by atoms with van der Waals surface area (Å²) in [6.07, 6.45) is 0. The van der Waals surface area contributed by atoms with E-state index in [1.807, 2.05) is 6.92 Å². The second kappa shape index (κ2) is 6.18. The lowest BCUT2D eigenvalue weighted by Gasteiger charge is -2.09. The average molecular weight is 337 g/mol. The van der Waals surface area contributed by atoms with Crippen LogP contribution in [0, 0.1) is 12.7 Å². The highest BCUT2D eigenvalue weighted by Crippen LogP contribution is 2.26. The first-order valence-electron chi connectivity index (χ1n) is 6.26. The maximum Gasteiger partial charge on any atom is 0.194 e. The smallest absolute Gasteiger partial charge is 0.194 e. The number of hydrogen-bond donors (Lipinski definition) is 0. The molecule has 2 nitrogen and oxygen atoms in total. The van der Waals surface area contributed by atoms with Gasteiger partial charge in [0.25, 0.3) is 0 Å². The van der Waals surface area contributed by atoms with Gasteiger partial charge in [-0.05, 0) is 65.7 Å². The highest BCUT2D eigenvalue weighted by atomic mass is 79.9. The second-order valence-electron chi connectivity index (χ2n) is 4.36. The second-order valence-corrected chi connectivity index (χ2v) is 5.22. The Hall–Kier alpha value is -1.68. The molecule has 0 bridgehead atoms. The molecule has 0 saturated heterocycles. The Labute approximate surface area is 125 Å². The number of carbonyl (C=O) groups is 1.